The Kier molecular flexibility index (Phi) is 3.86. The smallest absolute Gasteiger partial charge is 0.270 e. The minimum Gasteiger partial charge on any atom is -0.356 e. The third-order valence-corrected chi connectivity index (χ3v) is 3.69. The van der Waals surface area contributed by atoms with Crippen molar-refractivity contribution in [3.05, 3.63) is 21.5 Å². The lowest BCUT2D eigenvalue weighted by atomic mass is 10.1. The molecular formula is C11H16IN3O. The monoisotopic (exact) mass is 333 g/mol. The summed E-state index contributed by atoms with van der Waals surface area (Å²) in [6.07, 6.45) is 3.94. The summed E-state index contributed by atoms with van der Waals surface area (Å²) in [5.41, 5.74) is 0.701. The maximum absolute atomic E-state index is 12.1. The van der Waals surface area contributed by atoms with Crippen molar-refractivity contribution in [2.24, 2.45) is 0 Å². The van der Waals surface area contributed by atoms with Gasteiger partial charge in [0.05, 0.1) is 0 Å². The highest BCUT2D eigenvalue weighted by molar-refractivity contribution is 14.1. The van der Waals surface area contributed by atoms with Gasteiger partial charge in [0, 0.05) is 28.9 Å². The molecule has 2 heterocycles. The predicted molar refractivity (Wildman–Crippen MR) is 71.5 cm³/mol. The Morgan fingerprint density at radius 3 is 2.75 bits per heavy atom. The number of aromatic amines is 1. The Hall–Kier alpha value is -0.560. The van der Waals surface area contributed by atoms with Crippen molar-refractivity contribution in [2.45, 2.75) is 18.9 Å². The average Bonchev–Trinajstić information content (AvgIpc) is 2.75. The third-order valence-electron chi connectivity index (χ3n) is 3.07. The molecule has 2 rings (SSSR count). The van der Waals surface area contributed by atoms with Gasteiger partial charge in [-0.05, 0) is 48.5 Å². The second-order valence-corrected chi connectivity index (χ2v) is 5.33. The number of nitrogens with zero attached hydrogens (tertiary/aromatic N) is 1. The predicted octanol–water partition coefficient (Wildman–Crippen LogP) is 1.44. The van der Waals surface area contributed by atoms with Crippen LogP contribution in [0.4, 0.5) is 0 Å². The standard InChI is InChI=1S/C11H16IN3O/c1-13-9-2-4-15(5-3-9)11(16)10-6-8(12)7-14-10/h6-7,9,13-14H,2-5H2,1H3. The molecule has 1 aliphatic rings. The molecule has 0 aliphatic carbocycles. The second-order valence-electron chi connectivity index (χ2n) is 4.09. The maximum Gasteiger partial charge on any atom is 0.270 e. The van der Waals surface area contributed by atoms with E-state index in [9.17, 15) is 4.79 Å². The Balaban J connectivity index is 1.96. The SMILES string of the molecule is CNC1CCN(C(=O)c2cc(I)c[nH]2)CC1. The number of aromatic nitrogens is 1. The van der Waals surface area contributed by atoms with Crippen molar-refractivity contribution in [2.75, 3.05) is 20.1 Å². The van der Waals surface area contributed by atoms with Gasteiger partial charge >= 0.3 is 0 Å². The zero-order chi connectivity index (χ0) is 11.5. The molecule has 1 saturated heterocycles. The molecule has 1 aliphatic heterocycles. The van der Waals surface area contributed by atoms with Crippen LogP contribution < -0.4 is 5.32 Å². The number of carbonyl (C=O) groups excluding carboxylic acids is 1. The number of rotatable bonds is 2. The quantitative estimate of drug-likeness (QED) is 0.805. The number of hydrogen-bond acceptors (Lipinski definition) is 2. The summed E-state index contributed by atoms with van der Waals surface area (Å²) in [6.45, 7) is 1.69. The molecule has 0 radical (unpaired) electrons. The van der Waals surface area contributed by atoms with E-state index in [0.29, 0.717) is 11.7 Å². The molecule has 0 spiro atoms. The van der Waals surface area contributed by atoms with Crippen molar-refractivity contribution in [1.29, 1.82) is 0 Å². The molecule has 16 heavy (non-hydrogen) atoms. The number of amides is 1. The highest BCUT2D eigenvalue weighted by Crippen LogP contribution is 2.14. The fourth-order valence-corrected chi connectivity index (χ4v) is 2.50. The van der Waals surface area contributed by atoms with Gasteiger partial charge in [-0.25, -0.2) is 0 Å². The van der Waals surface area contributed by atoms with Gasteiger partial charge in [0.25, 0.3) is 5.91 Å². The van der Waals surface area contributed by atoms with Crippen molar-refractivity contribution in [1.82, 2.24) is 15.2 Å². The second kappa shape index (κ2) is 5.18. The lowest BCUT2D eigenvalue weighted by Gasteiger charge is -2.31. The van der Waals surface area contributed by atoms with Crippen LogP contribution in [0.1, 0.15) is 23.3 Å². The van der Waals surface area contributed by atoms with Crippen LogP contribution in [0.5, 0.6) is 0 Å². The van der Waals surface area contributed by atoms with Crippen LogP contribution in [-0.2, 0) is 0 Å². The summed E-state index contributed by atoms with van der Waals surface area (Å²) in [5, 5.41) is 3.26. The van der Waals surface area contributed by atoms with Crippen LogP contribution in [0.3, 0.4) is 0 Å². The Morgan fingerprint density at radius 2 is 2.25 bits per heavy atom. The largest absolute Gasteiger partial charge is 0.356 e. The van der Waals surface area contributed by atoms with E-state index in [-0.39, 0.29) is 5.91 Å². The third kappa shape index (κ3) is 2.57. The topological polar surface area (TPSA) is 48.1 Å². The zero-order valence-electron chi connectivity index (χ0n) is 9.29. The number of hydrogen-bond donors (Lipinski definition) is 2. The molecule has 1 amide bonds. The molecule has 1 aromatic heterocycles. The van der Waals surface area contributed by atoms with Crippen molar-refractivity contribution < 1.29 is 4.79 Å². The summed E-state index contributed by atoms with van der Waals surface area (Å²) in [4.78, 5) is 17.0. The van der Waals surface area contributed by atoms with Crippen LogP contribution in [-0.4, -0.2) is 42.0 Å². The average molecular weight is 333 g/mol. The highest BCUT2D eigenvalue weighted by atomic mass is 127. The van der Waals surface area contributed by atoms with Crippen molar-refractivity contribution in [3.63, 3.8) is 0 Å². The molecule has 0 saturated carbocycles. The molecule has 2 N–H and O–H groups in total. The minimum atomic E-state index is 0.123. The number of nitrogens with one attached hydrogen (secondary N) is 2. The summed E-state index contributed by atoms with van der Waals surface area (Å²) >= 11 is 2.20. The zero-order valence-corrected chi connectivity index (χ0v) is 11.5. The Bertz CT molecular complexity index is 369. The van der Waals surface area contributed by atoms with E-state index >= 15 is 0 Å². The lowest BCUT2D eigenvalue weighted by Crippen LogP contribution is -2.44. The minimum absolute atomic E-state index is 0.123. The molecule has 1 aromatic rings. The summed E-state index contributed by atoms with van der Waals surface area (Å²) in [5.74, 6) is 0.123. The summed E-state index contributed by atoms with van der Waals surface area (Å²) in [6, 6.07) is 2.46. The van der Waals surface area contributed by atoms with Crippen LogP contribution in [0.25, 0.3) is 0 Å². The van der Waals surface area contributed by atoms with E-state index in [1.54, 1.807) is 0 Å². The first kappa shape index (κ1) is 11.9. The Morgan fingerprint density at radius 1 is 1.56 bits per heavy atom. The molecule has 0 atom stereocenters. The molecule has 5 heteroatoms. The van der Waals surface area contributed by atoms with Gasteiger partial charge in [0.15, 0.2) is 0 Å². The van der Waals surface area contributed by atoms with Crippen LogP contribution in [0.2, 0.25) is 0 Å². The lowest BCUT2D eigenvalue weighted by molar-refractivity contribution is 0.0702. The van der Waals surface area contributed by atoms with Gasteiger partial charge in [-0.1, -0.05) is 0 Å². The van der Waals surface area contributed by atoms with E-state index in [2.05, 4.69) is 32.9 Å². The number of carbonyl (C=O) groups is 1. The van der Waals surface area contributed by atoms with Gasteiger partial charge in [0.2, 0.25) is 0 Å². The van der Waals surface area contributed by atoms with Gasteiger partial charge in [-0.15, -0.1) is 0 Å². The fourth-order valence-electron chi connectivity index (χ4n) is 2.03. The molecular weight excluding hydrogens is 317 g/mol. The molecule has 88 valence electrons. The van der Waals surface area contributed by atoms with Gasteiger partial charge in [-0.2, -0.15) is 0 Å². The number of H-pyrrole nitrogens is 1. The van der Waals surface area contributed by atoms with Gasteiger partial charge in [-0.3, -0.25) is 4.79 Å². The van der Waals surface area contributed by atoms with Gasteiger partial charge in [0.1, 0.15) is 5.69 Å². The first-order valence-corrected chi connectivity index (χ1v) is 6.59. The molecule has 1 fully saturated rings. The van der Waals surface area contributed by atoms with E-state index in [1.165, 1.54) is 0 Å². The summed E-state index contributed by atoms with van der Waals surface area (Å²) < 4.78 is 1.08. The number of likely N-dealkylation sites (tertiary alicyclic amines) is 1. The van der Waals surface area contributed by atoms with E-state index < -0.39 is 0 Å². The highest BCUT2D eigenvalue weighted by Gasteiger charge is 2.23. The first-order chi connectivity index (χ1) is 7.70. The van der Waals surface area contributed by atoms with E-state index in [1.807, 2.05) is 24.2 Å². The summed E-state index contributed by atoms with van der Waals surface area (Å²) in [7, 11) is 1.98. The first-order valence-electron chi connectivity index (χ1n) is 5.51. The molecule has 0 aromatic carbocycles. The van der Waals surface area contributed by atoms with Crippen LogP contribution in [0.15, 0.2) is 12.3 Å². The van der Waals surface area contributed by atoms with E-state index in [0.717, 1.165) is 29.5 Å². The molecule has 0 bridgehead atoms. The Labute approximate surface area is 109 Å². The fraction of sp³-hybridized carbons (Fsp3) is 0.545. The van der Waals surface area contributed by atoms with Gasteiger partial charge < -0.3 is 15.2 Å². The van der Waals surface area contributed by atoms with Crippen LogP contribution >= 0.6 is 22.6 Å². The van der Waals surface area contributed by atoms with Crippen molar-refractivity contribution in [3.8, 4) is 0 Å². The van der Waals surface area contributed by atoms with E-state index in [4.69, 9.17) is 0 Å². The molecule has 4 nitrogen and oxygen atoms in total. The maximum atomic E-state index is 12.1. The number of piperidine rings is 1. The van der Waals surface area contributed by atoms with Crippen molar-refractivity contribution >= 4 is 28.5 Å². The normalized spacial score (nSPS) is 17.8. The molecule has 0 unspecified atom stereocenters. The van der Waals surface area contributed by atoms with Crippen LogP contribution in [0, 0.1) is 3.57 Å². The number of halogens is 1.